The Morgan fingerprint density at radius 2 is 2.13 bits per heavy atom. The molecule has 1 aliphatic rings. The van der Waals surface area contributed by atoms with Gasteiger partial charge in [-0.2, -0.15) is 0 Å². The average molecular weight is 370 g/mol. The summed E-state index contributed by atoms with van der Waals surface area (Å²) in [6.07, 6.45) is 0.486. The molecular weight excluding hydrogens is 354 g/mol. The van der Waals surface area contributed by atoms with Crippen LogP contribution in [-0.2, 0) is 16.4 Å². The number of nitrogens with zero attached hydrogens (tertiary/aromatic N) is 1. The van der Waals surface area contributed by atoms with Crippen LogP contribution in [0.15, 0.2) is 41.8 Å². The van der Waals surface area contributed by atoms with Gasteiger partial charge in [0.25, 0.3) is 5.91 Å². The third-order valence-corrected chi connectivity index (χ3v) is 6.73. The molecule has 4 nitrogen and oxygen atoms in total. The number of hydrogen-bond acceptors (Lipinski definition) is 4. The highest BCUT2D eigenvalue weighted by Gasteiger charge is 2.35. The van der Waals surface area contributed by atoms with Crippen LogP contribution in [0.5, 0.6) is 0 Å². The zero-order valence-corrected chi connectivity index (χ0v) is 14.7. The Bertz CT molecular complexity index is 802. The summed E-state index contributed by atoms with van der Waals surface area (Å²) in [4.78, 5) is 15.6. The van der Waals surface area contributed by atoms with E-state index in [1.54, 1.807) is 40.5 Å². The number of benzene rings is 1. The molecule has 7 heteroatoms. The molecule has 0 bridgehead atoms. The Balaban J connectivity index is 1.89. The van der Waals surface area contributed by atoms with E-state index in [0.29, 0.717) is 23.6 Å². The quantitative estimate of drug-likeness (QED) is 0.831. The fraction of sp³-hybridized carbons (Fsp3) is 0.312. The molecule has 0 unspecified atom stereocenters. The second-order valence-electron chi connectivity index (χ2n) is 5.58. The van der Waals surface area contributed by atoms with Crippen LogP contribution >= 0.6 is 22.9 Å². The minimum absolute atomic E-state index is 0.0324. The molecule has 0 aliphatic carbocycles. The van der Waals surface area contributed by atoms with Gasteiger partial charge in [-0.15, -0.1) is 11.3 Å². The Morgan fingerprint density at radius 1 is 1.30 bits per heavy atom. The minimum atomic E-state index is -3.06. The summed E-state index contributed by atoms with van der Waals surface area (Å²) in [7, 11) is -3.06. The van der Waals surface area contributed by atoms with E-state index in [4.69, 9.17) is 11.6 Å². The summed E-state index contributed by atoms with van der Waals surface area (Å²) in [6, 6.07) is 10.4. The van der Waals surface area contributed by atoms with Gasteiger partial charge in [-0.1, -0.05) is 23.7 Å². The molecule has 0 spiro atoms. The predicted octanol–water partition coefficient (Wildman–Crippen LogP) is 3.23. The molecule has 3 rings (SSSR count). The van der Waals surface area contributed by atoms with Crippen LogP contribution in [0.2, 0.25) is 5.02 Å². The lowest BCUT2D eigenvalue weighted by Gasteiger charge is -2.28. The maximum Gasteiger partial charge on any atom is 0.254 e. The SMILES string of the molecule is O=C(c1cccc(Cl)c1)N(Cc1cccs1)[C@@H]1CCS(=O)(=O)C1. The monoisotopic (exact) mass is 369 g/mol. The zero-order chi connectivity index (χ0) is 16.4. The van der Waals surface area contributed by atoms with Crippen LogP contribution in [-0.4, -0.2) is 36.8 Å². The molecule has 23 heavy (non-hydrogen) atoms. The molecule has 122 valence electrons. The highest BCUT2D eigenvalue weighted by molar-refractivity contribution is 7.91. The van der Waals surface area contributed by atoms with Crippen LogP contribution in [0.25, 0.3) is 0 Å². The van der Waals surface area contributed by atoms with E-state index in [2.05, 4.69) is 0 Å². The van der Waals surface area contributed by atoms with Gasteiger partial charge in [-0.05, 0) is 36.1 Å². The third kappa shape index (κ3) is 3.94. The van der Waals surface area contributed by atoms with E-state index in [0.717, 1.165) is 4.88 Å². The molecule has 1 amide bonds. The second kappa shape index (κ2) is 6.63. The van der Waals surface area contributed by atoms with Gasteiger partial charge >= 0.3 is 0 Å². The smallest absolute Gasteiger partial charge is 0.254 e. The second-order valence-corrected chi connectivity index (χ2v) is 9.28. The lowest BCUT2D eigenvalue weighted by atomic mass is 10.1. The first-order chi connectivity index (χ1) is 10.9. The van der Waals surface area contributed by atoms with Crippen molar-refractivity contribution in [2.45, 2.75) is 19.0 Å². The van der Waals surface area contributed by atoms with Crippen LogP contribution < -0.4 is 0 Å². The van der Waals surface area contributed by atoms with Gasteiger partial charge in [-0.25, -0.2) is 8.42 Å². The van der Waals surface area contributed by atoms with Crippen molar-refractivity contribution < 1.29 is 13.2 Å². The molecule has 1 fully saturated rings. The van der Waals surface area contributed by atoms with E-state index >= 15 is 0 Å². The standard InChI is InChI=1S/C16H16ClNO3S2/c17-13-4-1-3-12(9-13)16(19)18(10-15-5-2-7-22-15)14-6-8-23(20,21)11-14/h1-5,7,9,14H,6,8,10-11H2/t14-/m1/s1. The first-order valence-electron chi connectivity index (χ1n) is 7.24. The maximum atomic E-state index is 12.9. The summed E-state index contributed by atoms with van der Waals surface area (Å²) in [5, 5.41) is 2.44. The number of carbonyl (C=O) groups is 1. The number of hydrogen-bond donors (Lipinski definition) is 0. The van der Waals surface area contributed by atoms with Crippen molar-refractivity contribution in [3.8, 4) is 0 Å². The van der Waals surface area contributed by atoms with Crippen molar-refractivity contribution in [1.82, 2.24) is 4.90 Å². The number of amides is 1. The van der Waals surface area contributed by atoms with Crippen molar-refractivity contribution in [3.05, 3.63) is 57.2 Å². The van der Waals surface area contributed by atoms with Crippen molar-refractivity contribution in [1.29, 1.82) is 0 Å². The number of halogens is 1. The van der Waals surface area contributed by atoms with Gasteiger partial charge in [0.15, 0.2) is 9.84 Å². The lowest BCUT2D eigenvalue weighted by Crippen LogP contribution is -2.40. The van der Waals surface area contributed by atoms with Gasteiger partial charge in [0.05, 0.1) is 18.1 Å². The molecule has 2 aromatic rings. The number of carbonyl (C=O) groups excluding carboxylic acids is 1. The van der Waals surface area contributed by atoms with Gasteiger partial charge < -0.3 is 4.90 Å². The molecule has 1 aromatic carbocycles. The number of rotatable bonds is 4. The fourth-order valence-corrected chi connectivity index (χ4v) is 5.37. The normalized spacial score (nSPS) is 19.6. The molecule has 0 saturated carbocycles. The largest absolute Gasteiger partial charge is 0.329 e. The molecule has 0 radical (unpaired) electrons. The van der Waals surface area contributed by atoms with E-state index in [1.807, 2.05) is 17.5 Å². The predicted molar refractivity (Wildman–Crippen MR) is 92.7 cm³/mol. The topological polar surface area (TPSA) is 54.5 Å². The Kier molecular flexibility index (Phi) is 4.75. The summed E-state index contributed by atoms with van der Waals surface area (Å²) in [6.45, 7) is 0.420. The van der Waals surface area contributed by atoms with E-state index in [-0.39, 0.29) is 23.5 Å². The lowest BCUT2D eigenvalue weighted by molar-refractivity contribution is 0.0683. The van der Waals surface area contributed by atoms with E-state index < -0.39 is 9.84 Å². The van der Waals surface area contributed by atoms with Crippen molar-refractivity contribution >= 4 is 38.7 Å². The summed E-state index contributed by atoms with van der Waals surface area (Å²) < 4.78 is 23.6. The number of thiophene rings is 1. The van der Waals surface area contributed by atoms with Crippen LogP contribution in [0.1, 0.15) is 21.7 Å². The van der Waals surface area contributed by atoms with Crippen LogP contribution in [0.3, 0.4) is 0 Å². The van der Waals surface area contributed by atoms with E-state index in [1.165, 1.54) is 0 Å². The van der Waals surface area contributed by atoms with Gasteiger partial charge in [0.1, 0.15) is 0 Å². The Labute approximate surface area is 144 Å². The first kappa shape index (κ1) is 16.5. The van der Waals surface area contributed by atoms with Crippen LogP contribution in [0.4, 0.5) is 0 Å². The van der Waals surface area contributed by atoms with Gasteiger partial charge in [-0.3, -0.25) is 4.79 Å². The molecular formula is C16H16ClNO3S2. The average Bonchev–Trinajstić information content (AvgIpc) is 3.13. The van der Waals surface area contributed by atoms with Crippen molar-refractivity contribution in [2.75, 3.05) is 11.5 Å². The number of sulfone groups is 1. The zero-order valence-electron chi connectivity index (χ0n) is 12.3. The maximum absolute atomic E-state index is 12.9. The molecule has 1 saturated heterocycles. The van der Waals surface area contributed by atoms with E-state index in [9.17, 15) is 13.2 Å². The Hall–Kier alpha value is -1.37. The van der Waals surface area contributed by atoms with Crippen molar-refractivity contribution in [2.24, 2.45) is 0 Å². The highest BCUT2D eigenvalue weighted by Crippen LogP contribution is 2.24. The molecule has 1 atom stereocenters. The minimum Gasteiger partial charge on any atom is -0.329 e. The van der Waals surface area contributed by atoms with Crippen LogP contribution in [0, 0.1) is 0 Å². The summed E-state index contributed by atoms with van der Waals surface area (Å²) in [5.74, 6) is -0.00505. The van der Waals surface area contributed by atoms with Crippen molar-refractivity contribution in [3.63, 3.8) is 0 Å². The Morgan fingerprint density at radius 3 is 2.74 bits per heavy atom. The molecule has 1 aliphatic heterocycles. The summed E-state index contributed by atoms with van der Waals surface area (Å²) >= 11 is 7.53. The molecule has 1 aromatic heterocycles. The third-order valence-electron chi connectivity index (χ3n) is 3.89. The molecule has 2 heterocycles. The molecule has 0 N–H and O–H groups in total. The highest BCUT2D eigenvalue weighted by atomic mass is 35.5. The fourth-order valence-electron chi connectivity index (χ4n) is 2.75. The van der Waals surface area contributed by atoms with Gasteiger partial charge in [0, 0.05) is 21.5 Å². The summed E-state index contributed by atoms with van der Waals surface area (Å²) in [5.41, 5.74) is 0.485. The first-order valence-corrected chi connectivity index (χ1v) is 10.3. The van der Waals surface area contributed by atoms with Gasteiger partial charge in [0.2, 0.25) is 0 Å².